The smallest absolute Gasteiger partial charge is 0.134 e. The first kappa shape index (κ1) is 20.5. The van der Waals surface area contributed by atoms with Crippen molar-refractivity contribution in [2.75, 3.05) is 0 Å². The van der Waals surface area contributed by atoms with Gasteiger partial charge in [0.25, 0.3) is 0 Å². The molecule has 1 atom stereocenters. The van der Waals surface area contributed by atoms with Gasteiger partial charge in [0.1, 0.15) is 12.4 Å². The van der Waals surface area contributed by atoms with Crippen molar-refractivity contribution in [2.24, 2.45) is 0 Å². The maximum Gasteiger partial charge on any atom is 0.134 e. The Hall–Kier alpha value is -1.81. The number of nitrogens with one attached hydrogen (secondary N) is 1. The van der Waals surface area contributed by atoms with E-state index in [1.165, 1.54) is 11.1 Å². The lowest BCUT2D eigenvalue weighted by atomic mass is 10.1. The zero-order valence-corrected chi connectivity index (χ0v) is 17.1. The minimum Gasteiger partial charge on any atom is -0.488 e. The normalized spacial score (nSPS) is 11.5. The number of benzene rings is 3. The van der Waals surface area contributed by atoms with Crippen molar-refractivity contribution in [3.63, 3.8) is 0 Å². The van der Waals surface area contributed by atoms with Crippen LogP contribution in [-0.2, 0) is 13.2 Å². The van der Waals surface area contributed by atoms with Crippen molar-refractivity contribution in [3.05, 3.63) is 100 Å². The highest BCUT2D eigenvalue weighted by Gasteiger charge is 2.06. The Morgan fingerprint density at radius 3 is 2.19 bits per heavy atom. The van der Waals surface area contributed by atoms with Crippen LogP contribution in [0.5, 0.6) is 5.75 Å². The van der Waals surface area contributed by atoms with E-state index in [4.69, 9.17) is 4.74 Å². The minimum atomic E-state index is 0. The standard InChI is InChI=1S/C22H22BrNO.ClH/c1-17(20-10-6-3-7-11-20)24-15-19-12-13-22(21(23)14-19)25-16-18-8-4-2-5-9-18;/h2-14,17,24H,15-16H2,1H3;1H. The van der Waals surface area contributed by atoms with E-state index in [9.17, 15) is 0 Å². The van der Waals surface area contributed by atoms with Crippen LogP contribution >= 0.6 is 28.3 Å². The number of hydrogen-bond acceptors (Lipinski definition) is 2. The molecule has 3 rings (SSSR count). The van der Waals surface area contributed by atoms with Gasteiger partial charge in [-0.1, -0.05) is 66.7 Å². The Morgan fingerprint density at radius 1 is 0.885 bits per heavy atom. The highest BCUT2D eigenvalue weighted by molar-refractivity contribution is 9.10. The van der Waals surface area contributed by atoms with Crippen molar-refractivity contribution < 1.29 is 4.74 Å². The van der Waals surface area contributed by atoms with Crippen molar-refractivity contribution in [3.8, 4) is 5.75 Å². The average molecular weight is 433 g/mol. The third kappa shape index (κ3) is 5.87. The topological polar surface area (TPSA) is 21.3 Å². The van der Waals surface area contributed by atoms with Gasteiger partial charge in [-0.3, -0.25) is 0 Å². The predicted molar refractivity (Wildman–Crippen MR) is 114 cm³/mol. The van der Waals surface area contributed by atoms with Gasteiger partial charge in [-0.15, -0.1) is 12.4 Å². The summed E-state index contributed by atoms with van der Waals surface area (Å²) in [7, 11) is 0. The summed E-state index contributed by atoms with van der Waals surface area (Å²) in [6.07, 6.45) is 0. The first-order valence-corrected chi connectivity index (χ1v) is 9.25. The van der Waals surface area contributed by atoms with Crippen molar-refractivity contribution in [1.29, 1.82) is 0 Å². The van der Waals surface area contributed by atoms with Gasteiger partial charge in [0, 0.05) is 12.6 Å². The Balaban J connectivity index is 0.00000243. The summed E-state index contributed by atoms with van der Waals surface area (Å²) in [6, 6.07) is 27.2. The van der Waals surface area contributed by atoms with Gasteiger partial charge < -0.3 is 10.1 Å². The maximum atomic E-state index is 5.91. The summed E-state index contributed by atoms with van der Waals surface area (Å²) in [5, 5.41) is 3.56. The third-order valence-electron chi connectivity index (χ3n) is 4.15. The lowest BCUT2D eigenvalue weighted by molar-refractivity contribution is 0.304. The van der Waals surface area contributed by atoms with Crippen molar-refractivity contribution >= 4 is 28.3 Å². The molecule has 0 fully saturated rings. The Bertz CT molecular complexity index is 796. The van der Waals surface area contributed by atoms with Gasteiger partial charge in [0.2, 0.25) is 0 Å². The molecule has 0 aliphatic carbocycles. The summed E-state index contributed by atoms with van der Waals surface area (Å²) in [5.41, 5.74) is 3.68. The number of ether oxygens (including phenoxy) is 1. The molecule has 3 aromatic rings. The molecule has 0 amide bonds. The fraction of sp³-hybridized carbons (Fsp3) is 0.182. The fourth-order valence-electron chi connectivity index (χ4n) is 2.64. The second-order valence-corrected chi connectivity index (χ2v) is 6.91. The van der Waals surface area contributed by atoms with Crippen LogP contribution < -0.4 is 10.1 Å². The molecule has 0 radical (unpaired) electrons. The third-order valence-corrected chi connectivity index (χ3v) is 4.77. The van der Waals surface area contributed by atoms with Crippen LogP contribution in [0.1, 0.15) is 29.7 Å². The van der Waals surface area contributed by atoms with Crippen LogP contribution in [0, 0.1) is 0 Å². The monoisotopic (exact) mass is 431 g/mol. The fourth-order valence-corrected chi connectivity index (χ4v) is 3.18. The predicted octanol–water partition coefficient (Wildman–Crippen LogP) is 6.30. The highest BCUT2D eigenvalue weighted by atomic mass is 79.9. The molecule has 0 aliphatic heterocycles. The molecule has 0 saturated carbocycles. The van der Waals surface area contributed by atoms with Gasteiger partial charge in [0.05, 0.1) is 4.47 Å². The zero-order valence-electron chi connectivity index (χ0n) is 14.7. The van der Waals surface area contributed by atoms with E-state index in [0.717, 1.165) is 22.3 Å². The van der Waals surface area contributed by atoms with Crippen LogP contribution in [0.15, 0.2) is 83.3 Å². The molecule has 3 aromatic carbocycles. The van der Waals surface area contributed by atoms with E-state index in [-0.39, 0.29) is 12.4 Å². The van der Waals surface area contributed by atoms with Crippen LogP contribution in [-0.4, -0.2) is 0 Å². The molecule has 26 heavy (non-hydrogen) atoms. The van der Waals surface area contributed by atoms with Crippen molar-refractivity contribution in [1.82, 2.24) is 5.32 Å². The number of halogens is 2. The molecule has 136 valence electrons. The molecule has 0 aliphatic rings. The second-order valence-electron chi connectivity index (χ2n) is 6.05. The van der Waals surface area contributed by atoms with Crippen LogP contribution in [0.4, 0.5) is 0 Å². The van der Waals surface area contributed by atoms with Crippen LogP contribution in [0.3, 0.4) is 0 Å². The van der Waals surface area contributed by atoms with Gasteiger partial charge in [-0.05, 0) is 51.7 Å². The quantitative estimate of drug-likeness (QED) is 0.473. The molecule has 0 spiro atoms. The largest absolute Gasteiger partial charge is 0.488 e. The van der Waals surface area contributed by atoms with Crippen LogP contribution in [0.2, 0.25) is 0 Å². The first-order chi connectivity index (χ1) is 12.2. The molecule has 0 bridgehead atoms. The molecule has 1 N–H and O–H groups in total. The Labute approximate surface area is 170 Å². The molecule has 0 aromatic heterocycles. The lowest BCUT2D eigenvalue weighted by Crippen LogP contribution is -2.17. The average Bonchev–Trinajstić information content (AvgIpc) is 2.67. The van der Waals surface area contributed by atoms with E-state index in [1.54, 1.807) is 0 Å². The molecular weight excluding hydrogens is 410 g/mol. The SMILES string of the molecule is CC(NCc1ccc(OCc2ccccc2)c(Br)c1)c1ccccc1.Cl. The van der Waals surface area contributed by atoms with Gasteiger partial charge in [-0.25, -0.2) is 0 Å². The number of rotatable bonds is 7. The summed E-state index contributed by atoms with van der Waals surface area (Å²) < 4.78 is 6.89. The zero-order chi connectivity index (χ0) is 17.5. The maximum absolute atomic E-state index is 5.91. The first-order valence-electron chi connectivity index (χ1n) is 8.46. The summed E-state index contributed by atoms with van der Waals surface area (Å²) >= 11 is 3.62. The Kier molecular flexibility index (Phi) is 8.17. The summed E-state index contributed by atoms with van der Waals surface area (Å²) in [4.78, 5) is 0. The molecule has 0 saturated heterocycles. The molecule has 2 nitrogen and oxygen atoms in total. The molecular formula is C22H23BrClNO. The minimum absolute atomic E-state index is 0. The van der Waals surface area contributed by atoms with Gasteiger partial charge >= 0.3 is 0 Å². The molecule has 4 heteroatoms. The summed E-state index contributed by atoms with van der Waals surface area (Å²) in [6.45, 7) is 3.57. The van der Waals surface area contributed by atoms with E-state index in [1.807, 2.05) is 30.3 Å². The van der Waals surface area contributed by atoms with E-state index < -0.39 is 0 Å². The Morgan fingerprint density at radius 2 is 1.54 bits per heavy atom. The lowest BCUT2D eigenvalue weighted by Gasteiger charge is -2.15. The summed E-state index contributed by atoms with van der Waals surface area (Å²) in [5.74, 6) is 0.865. The number of hydrogen-bond donors (Lipinski definition) is 1. The highest BCUT2D eigenvalue weighted by Crippen LogP contribution is 2.27. The van der Waals surface area contributed by atoms with E-state index in [2.05, 4.69) is 76.7 Å². The van der Waals surface area contributed by atoms with Crippen LogP contribution in [0.25, 0.3) is 0 Å². The molecule has 0 heterocycles. The van der Waals surface area contributed by atoms with Gasteiger partial charge in [0.15, 0.2) is 0 Å². The van der Waals surface area contributed by atoms with Gasteiger partial charge in [-0.2, -0.15) is 0 Å². The van der Waals surface area contributed by atoms with E-state index >= 15 is 0 Å². The van der Waals surface area contributed by atoms with E-state index in [0.29, 0.717) is 12.6 Å². The molecule has 1 unspecified atom stereocenters. The second kappa shape index (κ2) is 10.4. The van der Waals surface area contributed by atoms with Crippen molar-refractivity contribution in [2.45, 2.75) is 26.1 Å².